The van der Waals surface area contributed by atoms with Crippen LogP contribution in [0, 0.1) is 5.41 Å². The van der Waals surface area contributed by atoms with Crippen LogP contribution >= 0.6 is 0 Å². The normalized spacial score (nSPS) is 13.0. The fourth-order valence-electron chi connectivity index (χ4n) is 2.78. The molecule has 0 saturated carbocycles. The zero-order chi connectivity index (χ0) is 20.1. The van der Waals surface area contributed by atoms with Crippen LogP contribution < -0.4 is 9.21 Å². The van der Waals surface area contributed by atoms with Crippen molar-refractivity contribution < 1.29 is 8.42 Å². The van der Waals surface area contributed by atoms with Gasteiger partial charge < -0.3 is 0 Å². The molecule has 1 N–H and O–H groups in total. The lowest BCUT2D eigenvalue weighted by Gasteiger charge is -2.32. The van der Waals surface area contributed by atoms with Gasteiger partial charge in [-0.1, -0.05) is 34.6 Å². The van der Waals surface area contributed by atoms with Crippen molar-refractivity contribution in [2.24, 2.45) is 5.41 Å². The lowest BCUT2D eigenvalue weighted by atomic mass is 9.86. The summed E-state index contributed by atoms with van der Waals surface area (Å²) >= 11 is 0. The Bertz CT molecular complexity index is 625. The van der Waals surface area contributed by atoms with Gasteiger partial charge in [0.2, 0.25) is 10.0 Å². The molecule has 146 valence electrons. The van der Waals surface area contributed by atoms with E-state index in [1.165, 1.54) is 0 Å². The Kier molecular flexibility index (Phi) is 8.18. The van der Waals surface area contributed by atoms with E-state index in [2.05, 4.69) is 46.5 Å². The molecule has 1 aromatic carbocycles. The second kappa shape index (κ2) is 8.54. The summed E-state index contributed by atoms with van der Waals surface area (Å²) < 4.78 is 28.1. The summed E-state index contributed by atoms with van der Waals surface area (Å²) in [6.07, 6.45) is 0.590. The van der Waals surface area contributed by atoms with Crippen molar-refractivity contribution in [3.05, 3.63) is 24.3 Å². The monoisotopic (exact) mass is 371 g/mol. The highest BCUT2D eigenvalue weighted by Crippen LogP contribution is 2.33. The Morgan fingerprint density at radius 3 is 1.76 bits per heavy atom. The average molecular weight is 372 g/mol. The quantitative estimate of drug-likeness (QED) is 0.694. The molecule has 0 radical (unpaired) electrons. The van der Waals surface area contributed by atoms with E-state index < -0.39 is 14.8 Å². The summed E-state index contributed by atoms with van der Waals surface area (Å²) in [6, 6.07) is 7.65. The molecule has 0 aliphatic heterocycles. The first-order chi connectivity index (χ1) is 11.2. The van der Waals surface area contributed by atoms with Crippen molar-refractivity contribution >= 4 is 21.4 Å². The minimum absolute atomic E-state index is 0.0509. The van der Waals surface area contributed by atoms with Gasteiger partial charge in [-0.2, -0.15) is 0 Å². The smallest absolute Gasteiger partial charge is 0.237 e. The highest BCUT2D eigenvalue weighted by atomic mass is 32.2. The van der Waals surface area contributed by atoms with Gasteiger partial charge in [0.1, 0.15) is 5.69 Å². The van der Waals surface area contributed by atoms with E-state index in [4.69, 9.17) is 0 Å². The van der Waals surface area contributed by atoms with Gasteiger partial charge in [0.25, 0.3) is 0 Å². The number of hydrogen-bond acceptors (Lipinski definition) is 2. The number of anilines is 1. The number of nitrogens with zero attached hydrogens (tertiary/aromatic N) is 1. The van der Waals surface area contributed by atoms with Gasteiger partial charge in [0.15, 0.2) is 0 Å². The number of quaternary nitrogens is 1. The maximum atomic E-state index is 12.7. The number of sulfonamides is 1. The zero-order valence-electron chi connectivity index (χ0n) is 17.9. The minimum atomic E-state index is -3.46. The third kappa shape index (κ3) is 6.98. The van der Waals surface area contributed by atoms with Crippen LogP contribution in [-0.2, 0) is 10.0 Å². The van der Waals surface area contributed by atoms with E-state index in [0.29, 0.717) is 12.1 Å². The second-order valence-electron chi connectivity index (χ2n) is 8.65. The average Bonchev–Trinajstić information content (AvgIpc) is 2.47. The van der Waals surface area contributed by atoms with Crippen LogP contribution in [-0.4, -0.2) is 33.8 Å². The van der Waals surface area contributed by atoms with Crippen LogP contribution in [0.2, 0.25) is 0 Å². The molecule has 0 fully saturated rings. The molecule has 0 spiro atoms. The molecule has 1 aromatic rings. The van der Waals surface area contributed by atoms with Gasteiger partial charge >= 0.3 is 0 Å². The van der Waals surface area contributed by atoms with Crippen molar-refractivity contribution in [1.29, 1.82) is 0 Å². The fourth-order valence-corrected chi connectivity index (χ4v) is 4.13. The molecule has 0 amide bonds. The first kappa shape index (κ1) is 23.9. The Morgan fingerprint density at radius 1 is 0.960 bits per heavy atom. The highest BCUT2D eigenvalue weighted by molar-refractivity contribution is 7.94. The Balaban J connectivity index is 0.00000277. The first-order valence-electron chi connectivity index (χ1n) is 9.16. The third-order valence-electron chi connectivity index (χ3n) is 4.29. The lowest BCUT2D eigenvalue weighted by molar-refractivity contribution is 0.329. The molecule has 25 heavy (non-hydrogen) atoms. The first-order valence-corrected chi connectivity index (χ1v) is 10.6. The van der Waals surface area contributed by atoms with E-state index in [-0.39, 0.29) is 5.41 Å². The number of hydrogen-bond donors (Lipinski definition) is 1. The van der Waals surface area contributed by atoms with Crippen LogP contribution in [0.4, 0.5) is 11.4 Å². The van der Waals surface area contributed by atoms with Crippen molar-refractivity contribution in [2.75, 3.05) is 25.4 Å². The van der Waals surface area contributed by atoms with Crippen LogP contribution in [0.5, 0.6) is 0 Å². The van der Waals surface area contributed by atoms with Gasteiger partial charge in [0, 0.05) is 17.8 Å². The van der Waals surface area contributed by atoms with Gasteiger partial charge in [-0.3, -0.25) is 9.21 Å². The summed E-state index contributed by atoms with van der Waals surface area (Å²) in [7, 11) is 0.806. The zero-order valence-corrected chi connectivity index (χ0v) is 18.7. The summed E-state index contributed by atoms with van der Waals surface area (Å²) in [5.74, 6) is 0. The number of benzene rings is 1. The molecule has 0 heterocycles. The highest BCUT2D eigenvalue weighted by Gasteiger charge is 2.38. The molecule has 0 aliphatic carbocycles. The SMILES string of the molecule is CC.CC[N+](C)(C)c1ccc(NS(=O)(=O)C(C)(C)CC(C)(C)C)cc1. The predicted octanol–water partition coefficient (Wildman–Crippen LogP) is 5.26. The van der Waals surface area contributed by atoms with Crippen LogP contribution in [0.3, 0.4) is 0 Å². The van der Waals surface area contributed by atoms with Crippen molar-refractivity contribution in [3.63, 3.8) is 0 Å². The minimum Gasteiger partial charge on any atom is -0.296 e. The molecule has 5 heteroatoms. The topological polar surface area (TPSA) is 46.2 Å². The molecule has 0 unspecified atom stereocenters. The molecule has 4 nitrogen and oxygen atoms in total. The summed E-state index contributed by atoms with van der Waals surface area (Å²) in [6.45, 7) is 16.9. The summed E-state index contributed by atoms with van der Waals surface area (Å²) in [5.41, 5.74) is 1.72. The second-order valence-corrected chi connectivity index (χ2v) is 11.0. The van der Waals surface area contributed by atoms with Crippen LogP contribution in [0.1, 0.15) is 61.8 Å². The van der Waals surface area contributed by atoms with Gasteiger partial charge in [0.05, 0.1) is 25.4 Å². The summed E-state index contributed by atoms with van der Waals surface area (Å²) in [4.78, 5) is 0. The molecule has 0 aliphatic rings. The van der Waals surface area contributed by atoms with E-state index >= 15 is 0 Å². The molecule has 1 rings (SSSR count). The predicted molar refractivity (Wildman–Crippen MR) is 113 cm³/mol. The molecule has 0 saturated heterocycles. The van der Waals surface area contributed by atoms with E-state index in [1.54, 1.807) is 13.8 Å². The third-order valence-corrected chi connectivity index (χ3v) is 6.40. The van der Waals surface area contributed by atoms with Gasteiger partial charge in [-0.25, -0.2) is 8.42 Å². The fraction of sp³-hybridized carbons (Fsp3) is 0.700. The van der Waals surface area contributed by atoms with Crippen molar-refractivity contribution in [2.45, 2.75) is 66.6 Å². The van der Waals surface area contributed by atoms with E-state index in [9.17, 15) is 8.42 Å². The lowest BCUT2D eigenvalue weighted by Crippen LogP contribution is -2.40. The molecular weight excluding hydrogens is 332 g/mol. The standard InChI is InChI=1S/C18H33N2O2S.C2H6/c1-9-20(7,8)16-12-10-15(11-13-16)19-23(21,22)18(5,6)14-17(2,3)4;1-2/h10-13,19H,9,14H2,1-8H3;1-2H3/q+1;. The Morgan fingerprint density at radius 2 is 1.40 bits per heavy atom. The largest absolute Gasteiger partial charge is 0.296 e. The van der Waals surface area contributed by atoms with Crippen molar-refractivity contribution in [1.82, 2.24) is 4.48 Å². The maximum Gasteiger partial charge on any atom is 0.237 e. The van der Waals surface area contributed by atoms with Gasteiger partial charge in [-0.15, -0.1) is 0 Å². The molecule has 0 atom stereocenters. The van der Waals surface area contributed by atoms with Crippen LogP contribution in [0.25, 0.3) is 0 Å². The number of nitrogens with one attached hydrogen (secondary N) is 1. The molecule has 0 bridgehead atoms. The van der Waals surface area contributed by atoms with Gasteiger partial charge in [-0.05, 0) is 44.7 Å². The van der Waals surface area contributed by atoms with E-state index in [1.807, 2.05) is 38.1 Å². The maximum absolute atomic E-state index is 12.7. The molecule has 0 aromatic heterocycles. The Labute approximate surface area is 156 Å². The number of rotatable bonds is 6. The Hall–Kier alpha value is -1.07. The molecular formula is C20H39N2O2S+. The van der Waals surface area contributed by atoms with Crippen molar-refractivity contribution in [3.8, 4) is 0 Å². The summed E-state index contributed by atoms with van der Waals surface area (Å²) in [5, 5.41) is 0. The van der Waals surface area contributed by atoms with Crippen LogP contribution in [0.15, 0.2) is 24.3 Å². The van der Waals surface area contributed by atoms with E-state index in [0.717, 1.165) is 16.7 Å².